The van der Waals surface area contributed by atoms with Crippen molar-refractivity contribution in [2.75, 3.05) is 0 Å². The SMILES string of the molecule is N#CCCn1cc(C=CC(=O)NCc2ccncc2)c2ccccc21. The molecule has 1 aromatic carbocycles. The fourth-order valence-electron chi connectivity index (χ4n) is 2.68. The Labute approximate surface area is 146 Å². The fourth-order valence-corrected chi connectivity index (χ4v) is 2.68. The molecule has 0 radical (unpaired) electrons. The standard InChI is InChI=1S/C20H18N4O/c21-10-3-13-24-15-17(18-4-1-2-5-19(18)24)6-7-20(25)23-14-16-8-11-22-12-9-16/h1-2,4-9,11-12,15H,3,13-14H2,(H,23,25). The number of carbonyl (C=O) groups is 1. The Kier molecular flexibility index (Phi) is 5.22. The summed E-state index contributed by atoms with van der Waals surface area (Å²) in [6.45, 7) is 1.11. The van der Waals surface area contributed by atoms with Gasteiger partial charge in [-0.1, -0.05) is 18.2 Å². The smallest absolute Gasteiger partial charge is 0.244 e. The number of aromatic nitrogens is 2. The van der Waals surface area contributed by atoms with Crippen LogP contribution in [-0.4, -0.2) is 15.5 Å². The molecule has 3 aromatic rings. The molecule has 0 saturated heterocycles. The van der Waals surface area contributed by atoms with Gasteiger partial charge in [0, 0.05) is 54.2 Å². The van der Waals surface area contributed by atoms with Gasteiger partial charge in [0.1, 0.15) is 0 Å². The predicted octanol–water partition coefficient (Wildman–Crippen LogP) is 3.28. The molecule has 2 aromatic heterocycles. The Morgan fingerprint density at radius 2 is 2.04 bits per heavy atom. The number of hydrogen-bond acceptors (Lipinski definition) is 3. The number of amides is 1. The minimum atomic E-state index is -0.148. The number of fused-ring (bicyclic) bond motifs is 1. The van der Waals surface area contributed by atoms with Crippen LogP contribution in [0.3, 0.4) is 0 Å². The molecule has 5 nitrogen and oxygen atoms in total. The van der Waals surface area contributed by atoms with Crippen molar-refractivity contribution in [3.63, 3.8) is 0 Å². The molecular formula is C20H18N4O. The second-order valence-electron chi connectivity index (χ2n) is 5.61. The molecule has 1 amide bonds. The van der Waals surface area contributed by atoms with Crippen LogP contribution in [0.5, 0.6) is 0 Å². The number of hydrogen-bond donors (Lipinski definition) is 1. The molecule has 0 aliphatic rings. The summed E-state index contributed by atoms with van der Waals surface area (Å²) in [7, 11) is 0. The van der Waals surface area contributed by atoms with Gasteiger partial charge in [-0.05, 0) is 29.8 Å². The lowest BCUT2D eigenvalue weighted by atomic mass is 10.1. The highest BCUT2D eigenvalue weighted by Gasteiger charge is 2.06. The van der Waals surface area contributed by atoms with Gasteiger partial charge in [-0.25, -0.2) is 0 Å². The lowest BCUT2D eigenvalue weighted by Crippen LogP contribution is -2.20. The summed E-state index contributed by atoms with van der Waals surface area (Å²) in [5.41, 5.74) is 3.03. The number of pyridine rings is 1. The van der Waals surface area contributed by atoms with Gasteiger partial charge in [-0.15, -0.1) is 0 Å². The van der Waals surface area contributed by atoms with E-state index in [1.807, 2.05) is 53.2 Å². The van der Waals surface area contributed by atoms with E-state index >= 15 is 0 Å². The number of nitriles is 1. The van der Waals surface area contributed by atoms with Gasteiger partial charge in [-0.3, -0.25) is 9.78 Å². The Morgan fingerprint density at radius 3 is 2.84 bits per heavy atom. The Balaban J connectivity index is 1.72. The summed E-state index contributed by atoms with van der Waals surface area (Å²) in [5.74, 6) is -0.148. The Bertz CT molecular complexity index is 935. The van der Waals surface area contributed by atoms with E-state index in [9.17, 15) is 4.79 Å². The van der Waals surface area contributed by atoms with Crippen molar-refractivity contribution in [1.82, 2.24) is 14.9 Å². The van der Waals surface area contributed by atoms with E-state index in [2.05, 4.69) is 16.4 Å². The Morgan fingerprint density at radius 1 is 1.24 bits per heavy atom. The zero-order chi connectivity index (χ0) is 17.5. The highest BCUT2D eigenvalue weighted by molar-refractivity contribution is 5.96. The number of benzene rings is 1. The van der Waals surface area contributed by atoms with Crippen molar-refractivity contribution in [3.8, 4) is 6.07 Å². The van der Waals surface area contributed by atoms with Crippen molar-refractivity contribution in [3.05, 3.63) is 72.2 Å². The zero-order valence-corrected chi connectivity index (χ0v) is 13.7. The van der Waals surface area contributed by atoms with E-state index in [0.717, 1.165) is 22.0 Å². The van der Waals surface area contributed by atoms with Gasteiger partial charge < -0.3 is 9.88 Å². The van der Waals surface area contributed by atoms with Crippen LogP contribution < -0.4 is 5.32 Å². The van der Waals surface area contributed by atoms with Crippen LogP contribution >= 0.6 is 0 Å². The van der Waals surface area contributed by atoms with Gasteiger partial charge in [0.2, 0.25) is 5.91 Å². The number of para-hydroxylation sites is 1. The molecule has 1 N–H and O–H groups in total. The molecule has 0 unspecified atom stereocenters. The van der Waals surface area contributed by atoms with Gasteiger partial charge in [-0.2, -0.15) is 5.26 Å². The number of nitrogens with zero attached hydrogens (tertiary/aromatic N) is 3. The van der Waals surface area contributed by atoms with Crippen molar-refractivity contribution >= 4 is 22.9 Å². The van der Waals surface area contributed by atoms with E-state index in [4.69, 9.17) is 5.26 Å². The lowest BCUT2D eigenvalue weighted by Gasteiger charge is -2.01. The van der Waals surface area contributed by atoms with Crippen LogP contribution in [0, 0.1) is 11.3 Å². The van der Waals surface area contributed by atoms with Crippen molar-refractivity contribution in [2.45, 2.75) is 19.5 Å². The molecule has 0 bridgehead atoms. The Hall–Kier alpha value is -3.39. The first kappa shape index (κ1) is 16.5. The van der Waals surface area contributed by atoms with E-state index in [1.54, 1.807) is 12.4 Å². The summed E-state index contributed by atoms with van der Waals surface area (Å²) in [6.07, 6.45) is 9.19. The largest absolute Gasteiger partial charge is 0.348 e. The molecule has 3 rings (SSSR count). The number of aryl methyl sites for hydroxylation is 1. The quantitative estimate of drug-likeness (QED) is 0.705. The summed E-state index contributed by atoms with van der Waals surface area (Å²) < 4.78 is 2.05. The summed E-state index contributed by atoms with van der Waals surface area (Å²) in [6, 6.07) is 13.9. The summed E-state index contributed by atoms with van der Waals surface area (Å²) in [4.78, 5) is 16.0. The minimum absolute atomic E-state index is 0.148. The first-order valence-corrected chi connectivity index (χ1v) is 8.07. The molecule has 0 aliphatic carbocycles. The van der Waals surface area contributed by atoms with Crippen LogP contribution in [0.15, 0.2) is 61.1 Å². The lowest BCUT2D eigenvalue weighted by molar-refractivity contribution is -0.116. The van der Waals surface area contributed by atoms with Gasteiger partial charge in [0.15, 0.2) is 0 Å². The predicted molar refractivity (Wildman–Crippen MR) is 97.3 cm³/mol. The average Bonchev–Trinajstić information content (AvgIpc) is 3.02. The van der Waals surface area contributed by atoms with Crippen LogP contribution in [0.2, 0.25) is 0 Å². The first-order chi connectivity index (χ1) is 12.3. The number of nitrogens with one attached hydrogen (secondary N) is 1. The van der Waals surface area contributed by atoms with E-state index < -0.39 is 0 Å². The topological polar surface area (TPSA) is 70.7 Å². The highest BCUT2D eigenvalue weighted by Crippen LogP contribution is 2.22. The minimum Gasteiger partial charge on any atom is -0.348 e. The van der Waals surface area contributed by atoms with Crippen LogP contribution in [0.4, 0.5) is 0 Å². The maximum absolute atomic E-state index is 12.0. The van der Waals surface area contributed by atoms with Crippen LogP contribution in [0.1, 0.15) is 17.5 Å². The molecule has 2 heterocycles. The molecule has 0 aliphatic heterocycles. The third kappa shape index (κ3) is 4.12. The van der Waals surface area contributed by atoms with Crippen molar-refractivity contribution in [1.29, 1.82) is 5.26 Å². The molecular weight excluding hydrogens is 312 g/mol. The molecule has 0 fully saturated rings. The average molecular weight is 330 g/mol. The summed E-state index contributed by atoms with van der Waals surface area (Å²) in [5, 5.41) is 12.7. The summed E-state index contributed by atoms with van der Waals surface area (Å²) >= 11 is 0. The van der Waals surface area contributed by atoms with Crippen molar-refractivity contribution in [2.24, 2.45) is 0 Å². The number of rotatable bonds is 6. The maximum atomic E-state index is 12.0. The molecule has 0 atom stereocenters. The molecule has 0 saturated carbocycles. The molecule has 25 heavy (non-hydrogen) atoms. The molecule has 124 valence electrons. The van der Waals surface area contributed by atoms with E-state index in [1.165, 1.54) is 6.08 Å². The van der Waals surface area contributed by atoms with Crippen molar-refractivity contribution < 1.29 is 4.79 Å². The van der Waals surface area contributed by atoms with Crippen LogP contribution in [0.25, 0.3) is 17.0 Å². The second kappa shape index (κ2) is 7.93. The second-order valence-corrected chi connectivity index (χ2v) is 5.61. The first-order valence-electron chi connectivity index (χ1n) is 8.07. The maximum Gasteiger partial charge on any atom is 0.244 e. The zero-order valence-electron chi connectivity index (χ0n) is 13.7. The van der Waals surface area contributed by atoms with E-state index in [0.29, 0.717) is 19.5 Å². The fraction of sp³-hybridized carbons (Fsp3) is 0.150. The third-order valence-electron chi connectivity index (χ3n) is 3.91. The normalized spacial score (nSPS) is 10.8. The third-order valence-corrected chi connectivity index (χ3v) is 3.91. The molecule has 5 heteroatoms. The highest BCUT2D eigenvalue weighted by atomic mass is 16.1. The monoisotopic (exact) mass is 330 g/mol. The van der Waals surface area contributed by atoms with Gasteiger partial charge in [0.25, 0.3) is 0 Å². The van der Waals surface area contributed by atoms with Crippen LogP contribution in [-0.2, 0) is 17.9 Å². The van der Waals surface area contributed by atoms with E-state index in [-0.39, 0.29) is 5.91 Å². The van der Waals surface area contributed by atoms with Gasteiger partial charge >= 0.3 is 0 Å². The van der Waals surface area contributed by atoms with Gasteiger partial charge in [0.05, 0.1) is 12.5 Å². The number of carbonyl (C=O) groups excluding carboxylic acids is 1. The molecule has 0 spiro atoms.